The van der Waals surface area contributed by atoms with Crippen LogP contribution in [0.1, 0.15) is 19.8 Å². The van der Waals surface area contributed by atoms with Gasteiger partial charge in [0.1, 0.15) is 12.1 Å². The molecule has 2 rings (SSSR count). The molecule has 1 aromatic rings. The van der Waals surface area contributed by atoms with Crippen LogP contribution in [0.3, 0.4) is 0 Å². The lowest BCUT2D eigenvalue weighted by atomic mass is 10.2. The van der Waals surface area contributed by atoms with Crippen molar-refractivity contribution in [1.29, 1.82) is 0 Å². The predicted octanol–water partition coefficient (Wildman–Crippen LogP) is 2.24. The molecule has 1 aliphatic heterocycles. The van der Waals surface area contributed by atoms with Crippen LogP contribution in [0.25, 0.3) is 0 Å². The van der Waals surface area contributed by atoms with Crippen LogP contribution in [0.4, 0.5) is 5.82 Å². The zero-order valence-corrected chi connectivity index (χ0v) is 11.0. The van der Waals surface area contributed by atoms with Crippen molar-refractivity contribution in [1.82, 2.24) is 9.97 Å². The van der Waals surface area contributed by atoms with Gasteiger partial charge < -0.3 is 9.64 Å². The Morgan fingerprint density at radius 1 is 1.56 bits per heavy atom. The van der Waals surface area contributed by atoms with E-state index in [4.69, 9.17) is 4.74 Å². The molecule has 1 unspecified atom stereocenters. The third-order valence-corrected chi connectivity index (χ3v) is 3.52. The molecule has 0 saturated carbocycles. The molecule has 1 atom stereocenters. The average Bonchev–Trinajstić information content (AvgIpc) is 2.78. The highest BCUT2D eigenvalue weighted by Gasteiger charge is 2.24. The molecule has 1 saturated heterocycles. The molecule has 0 aromatic carbocycles. The summed E-state index contributed by atoms with van der Waals surface area (Å²) in [4.78, 5) is 10.7. The Morgan fingerprint density at radius 2 is 2.44 bits per heavy atom. The minimum absolute atomic E-state index is 0.546. The summed E-state index contributed by atoms with van der Waals surface area (Å²) in [5, 5.41) is 0.987. The summed E-state index contributed by atoms with van der Waals surface area (Å²) in [6.07, 6.45) is 4.02. The second-order valence-electron chi connectivity index (χ2n) is 3.79. The van der Waals surface area contributed by atoms with Crippen molar-refractivity contribution in [2.24, 2.45) is 0 Å². The zero-order chi connectivity index (χ0) is 11.4. The second kappa shape index (κ2) is 5.48. The Balaban J connectivity index is 2.16. The fraction of sp³-hybridized carbons (Fsp3) is 0.636. The smallest absolute Gasteiger partial charge is 0.218 e. The first-order chi connectivity index (χ1) is 7.85. The number of aromatic nitrogens is 2. The topological polar surface area (TPSA) is 38.2 Å². The van der Waals surface area contributed by atoms with E-state index in [-0.39, 0.29) is 0 Å². The van der Waals surface area contributed by atoms with E-state index in [1.165, 1.54) is 12.8 Å². The highest BCUT2D eigenvalue weighted by Crippen LogP contribution is 2.26. The number of hydrogen-bond acceptors (Lipinski definition) is 4. The van der Waals surface area contributed by atoms with E-state index in [2.05, 4.69) is 30.8 Å². The van der Waals surface area contributed by atoms with Crippen molar-refractivity contribution in [2.45, 2.75) is 25.8 Å². The van der Waals surface area contributed by atoms with Gasteiger partial charge in [-0.1, -0.05) is 15.9 Å². The van der Waals surface area contributed by atoms with Gasteiger partial charge in [-0.25, -0.2) is 9.97 Å². The molecule has 0 bridgehead atoms. The summed E-state index contributed by atoms with van der Waals surface area (Å²) in [6.45, 7) is 3.66. The van der Waals surface area contributed by atoms with Crippen LogP contribution in [0.15, 0.2) is 12.4 Å². The largest absolute Gasteiger partial charge is 0.478 e. The van der Waals surface area contributed by atoms with Crippen LogP contribution in [0, 0.1) is 0 Å². The number of anilines is 1. The number of alkyl halides is 1. The first-order valence-electron chi connectivity index (χ1n) is 5.62. The van der Waals surface area contributed by atoms with Crippen molar-refractivity contribution >= 4 is 21.7 Å². The maximum absolute atomic E-state index is 5.39. The highest BCUT2D eigenvalue weighted by atomic mass is 79.9. The van der Waals surface area contributed by atoms with Gasteiger partial charge in [0.05, 0.1) is 6.61 Å². The van der Waals surface area contributed by atoms with E-state index in [1.807, 2.05) is 13.0 Å². The second-order valence-corrected chi connectivity index (χ2v) is 4.44. The van der Waals surface area contributed by atoms with Crippen LogP contribution in [-0.2, 0) is 0 Å². The van der Waals surface area contributed by atoms with Gasteiger partial charge in [0.2, 0.25) is 5.88 Å². The molecule has 1 aromatic heterocycles. The molecule has 0 spiro atoms. The standard InChI is InChI=1S/C11H16BrN3O/c1-2-16-11-6-10(13-8-14-11)15-5-3-4-9(15)7-12/h6,8-9H,2-5,7H2,1H3. The maximum Gasteiger partial charge on any atom is 0.218 e. The molecule has 1 fully saturated rings. The fourth-order valence-corrected chi connectivity index (χ4v) is 2.68. The van der Waals surface area contributed by atoms with Crippen molar-refractivity contribution in [3.8, 4) is 5.88 Å². The molecular weight excluding hydrogens is 270 g/mol. The van der Waals surface area contributed by atoms with Crippen molar-refractivity contribution < 1.29 is 4.74 Å². The number of halogens is 1. The SMILES string of the molecule is CCOc1cc(N2CCCC2CBr)ncn1. The quantitative estimate of drug-likeness (QED) is 0.796. The normalized spacial score (nSPS) is 20.1. The summed E-state index contributed by atoms with van der Waals surface area (Å²) >= 11 is 3.55. The Morgan fingerprint density at radius 3 is 3.19 bits per heavy atom. The summed E-state index contributed by atoms with van der Waals surface area (Å²) in [7, 11) is 0. The average molecular weight is 286 g/mol. The zero-order valence-electron chi connectivity index (χ0n) is 9.40. The van der Waals surface area contributed by atoms with Gasteiger partial charge in [0.15, 0.2) is 0 Å². The Bertz CT molecular complexity index is 348. The van der Waals surface area contributed by atoms with Gasteiger partial charge in [-0.2, -0.15) is 0 Å². The van der Waals surface area contributed by atoms with E-state index in [9.17, 15) is 0 Å². The molecular formula is C11H16BrN3O. The number of ether oxygens (including phenoxy) is 1. The number of hydrogen-bond donors (Lipinski definition) is 0. The molecule has 2 heterocycles. The third-order valence-electron chi connectivity index (χ3n) is 2.77. The molecule has 0 N–H and O–H groups in total. The molecule has 0 radical (unpaired) electrons. The molecule has 0 amide bonds. The molecule has 0 aliphatic carbocycles. The highest BCUT2D eigenvalue weighted by molar-refractivity contribution is 9.09. The lowest BCUT2D eigenvalue weighted by Gasteiger charge is -2.24. The van der Waals surface area contributed by atoms with Crippen molar-refractivity contribution in [3.05, 3.63) is 12.4 Å². The molecule has 16 heavy (non-hydrogen) atoms. The van der Waals surface area contributed by atoms with Crippen LogP contribution in [0.2, 0.25) is 0 Å². The van der Waals surface area contributed by atoms with Crippen molar-refractivity contribution in [3.63, 3.8) is 0 Å². The third kappa shape index (κ3) is 2.45. The van der Waals surface area contributed by atoms with Gasteiger partial charge in [0, 0.05) is 24.0 Å². The molecule has 4 nitrogen and oxygen atoms in total. The van der Waals surface area contributed by atoms with E-state index in [1.54, 1.807) is 6.33 Å². The summed E-state index contributed by atoms with van der Waals surface area (Å²) in [5.41, 5.74) is 0. The van der Waals surface area contributed by atoms with Crippen LogP contribution in [0.5, 0.6) is 5.88 Å². The first-order valence-corrected chi connectivity index (χ1v) is 6.74. The molecule has 88 valence electrons. The molecule has 1 aliphatic rings. The summed E-state index contributed by atoms with van der Waals surface area (Å²) in [6, 6.07) is 2.47. The van der Waals surface area contributed by atoms with Gasteiger partial charge in [-0.05, 0) is 19.8 Å². The van der Waals surface area contributed by atoms with Crippen LogP contribution >= 0.6 is 15.9 Å². The van der Waals surface area contributed by atoms with Gasteiger partial charge in [-0.15, -0.1) is 0 Å². The minimum atomic E-state index is 0.546. The predicted molar refractivity (Wildman–Crippen MR) is 67.4 cm³/mol. The Kier molecular flexibility index (Phi) is 3.98. The Labute approximate surface area is 104 Å². The lowest BCUT2D eigenvalue weighted by Crippen LogP contribution is -2.31. The van der Waals surface area contributed by atoms with Gasteiger partial charge >= 0.3 is 0 Å². The van der Waals surface area contributed by atoms with E-state index < -0.39 is 0 Å². The first kappa shape index (κ1) is 11.6. The summed E-state index contributed by atoms with van der Waals surface area (Å²) in [5.74, 6) is 1.63. The molecule has 5 heteroatoms. The van der Waals surface area contributed by atoms with Crippen LogP contribution in [-0.4, -0.2) is 34.5 Å². The van der Waals surface area contributed by atoms with Gasteiger partial charge in [-0.3, -0.25) is 0 Å². The van der Waals surface area contributed by atoms with E-state index in [0.717, 1.165) is 17.7 Å². The monoisotopic (exact) mass is 285 g/mol. The van der Waals surface area contributed by atoms with Crippen LogP contribution < -0.4 is 9.64 Å². The number of rotatable bonds is 4. The van der Waals surface area contributed by atoms with E-state index >= 15 is 0 Å². The van der Waals surface area contributed by atoms with Gasteiger partial charge in [0.25, 0.3) is 0 Å². The number of nitrogens with zero attached hydrogens (tertiary/aromatic N) is 3. The Hall–Kier alpha value is -0.840. The summed E-state index contributed by atoms with van der Waals surface area (Å²) < 4.78 is 5.39. The van der Waals surface area contributed by atoms with E-state index in [0.29, 0.717) is 18.5 Å². The lowest BCUT2D eigenvalue weighted by molar-refractivity contribution is 0.326. The fourth-order valence-electron chi connectivity index (χ4n) is 2.01. The van der Waals surface area contributed by atoms with Crippen molar-refractivity contribution in [2.75, 3.05) is 23.4 Å². The minimum Gasteiger partial charge on any atom is -0.478 e. The maximum atomic E-state index is 5.39.